The van der Waals surface area contributed by atoms with Gasteiger partial charge in [0.1, 0.15) is 5.60 Å². The van der Waals surface area contributed by atoms with Crippen molar-refractivity contribution in [2.75, 3.05) is 11.5 Å². The van der Waals surface area contributed by atoms with Crippen molar-refractivity contribution in [2.45, 2.75) is 23.5 Å². The summed E-state index contributed by atoms with van der Waals surface area (Å²) in [6, 6.07) is 9.96. The Bertz CT molecular complexity index is 329. The Morgan fingerprint density at radius 3 is 2.27 bits per heavy atom. The molecule has 82 valence electrons. The number of thioether (sulfide) groups is 2. The zero-order chi connectivity index (χ0) is 10.9. The van der Waals surface area contributed by atoms with Gasteiger partial charge in [0.25, 0.3) is 0 Å². The van der Waals surface area contributed by atoms with E-state index in [9.17, 15) is 5.11 Å². The zero-order valence-corrected chi connectivity index (χ0v) is 10.7. The van der Waals surface area contributed by atoms with Gasteiger partial charge in [-0.25, -0.2) is 0 Å². The summed E-state index contributed by atoms with van der Waals surface area (Å²) in [6.07, 6.45) is 0. The Morgan fingerprint density at radius 1 is 1.20 bits per heavy atom. The number of benzene rings is 1. The summed E-state index contributed by atoms with van der Waals surface area (Å²) in [4.78, 5) is 0. The van der Waals surface area contributed by atoms with E-state index < -0.39 is 5.60 Å². The second kappa shape index (κ2) is 4.04. The van der Waals surface area contributed by atoms with E-state index in [-0.39, 0.29) is 4.08 Å². The first-order valence-corrected chi connectivity index (χ1v) is 7.09. The summed E-state index contributed by atoms with van der Waals surface area (Å²) in [5.74, 6) is 2.26. The Balaban J connectivity index is 2.34. The molecule has 1 atom stereocenters. The predicted octanol–water partition coefficient (Wildman–Crippen LogP) is 3.09. The smallest absolute Gasteiger partial charge is 0.110 e. The fraction of sp³-hybridized carbons (Fsp3) is 0.500. The fourth-order valence-corrected chi connectivity index (χ4v) is 4.90. The molecule has 0 amide bonds. The highest BCUT2D eigenvalue weighted by Crippen LogP contribution is 2.54. The topological polar surface area (TPSA) is 20.2 Å². The second-order valence-corrected chi connectivity index (χ2v) is 7.37. The largest absolute Gasteiger partial charge is 0.383 e. The van der Waals surface area contributed by atoms with Crippen molar-refractivity contribution in [2.24, 2.45) is 0 Å². The van der Waals surface area contributed by atoms with Gasteiger partial charge < -0.3 is 5.11 Å². The molecular formula is C12H16OS2. The van der Waals surface area contributed by atoms with Gasteiger partial charge in [0.15, 0.2) is 0 Å². The number of hydrogen-bond donors (Lipinski definition) is 1. The molecule has 3 heteroatoms. The van der Waals surface area contributed by atoms with Crippen LogP contribution in [0, 0.1) is 0 Å². The van der Waals surface area contributed by atoms with Gasteiger partial charge in [0.2, 0.25) is 0 Å². The minimum Gasteiger partial charge on any atom is -0.383 e. The SMILES string of the molecule is CC1(C(C)(O)c2ccccc2)SCCS1. The van der Waals surface area contributed by atoms with Gasteiger partial charge in [0, 0.05) is 11.5 Å². The molecule has 0 radical (unpaired) electrons. The molecule has 1 nitrogen and oxygen atoms in total. The lowest BCUT2D eigenvalue weighted by molar-refractivity contribution is 0.0495. The minimum atomic E-state index is -0.764. The van der Waals surface area contributed by atoms with Crippen molar-refractivity contribution in [3.8, 4) is 0 Å². The standard InChI is InChI=1S/C12H16OS2/c1-11(13,10-6-4-3-5-7-10)12(2)14-8-9-15-12/h3-7,13H,8-9H2,1-2H3. The second-order valence-electron chi connectivity index (χ2n) is 4.08. The molecule has 1 N–H and O–H groups in total. The Morgan fingerprint density at radius 2 is 1.73 bits per heavy atom. The van der Waals surface area contributed by atoms with E-state index in [2.05, 4.69) is 6.92 Å². The molecule has 0 spiro atoms. The highest BCUT2D eigenvalue weighted by Gasteiger charge is 2.47. The van der Waals surface area contributed by atoms with Crippen LogP contribution in [0.25, 0.3) is 0 Å². The van der Waals surface area contributed by atoms with E-state index >= 15 is 0 Å². The highest BCUT2D eigenvalue weighted by molar-refractivity contribution is 8.21. The van der Waals surface area contributed by atoms with Crippen molar-refractivity contribution in [1.82, 2.24) is 0 Å². The van der Waals surface area contributed by atoms with Crippen LogP contribution < -0.4 is 0 Å². The molecule has 1 saturated heterocycles. The first-order valence-electron chi connectivity index (χ1n) is 5.12. The summed E-state index contributed by atoms with van der Waals surface area (Å²) in [5.41, 5.74) is 0.245. The average molecular weight is 240 g/mol. The molecule has 1 aliphatic heterocycles. The molecule has 0 saturated carbocycles. The lowest BCUT2D eigenvalue weighted by Gasteiger charge is -2.38. The highest BCUT2D eigenvalue weighted by atomic mass is 32.2. The molecule has 0 aromatic heterocycles. The molecule has 1 unspecified atom stereocenters. The van der Waals surface area contributed by atoms with Gasteiger partial charge in [-0.05, 0) is 19.4 Å². The molecule has 1 aromatic rings. The number of aliphatic hydroxyl groups is 1. The van der Waals surface area contributed by atoms with Crippen LogP contribution in [0.2, 0.25) is 0 Å². The first-order chi connectivity index (χ1) is 7.06. The molecule has 1 aromatic carbocycles. The maximum absolute atomic E-state index is 10.7. The Hall–Kier alpha value is -0.120. The molecule has 15 heavy (non-hydrogen) atoms. The molecule has 2 rings (SSSR count). The van der Waals surface area contributed by atoms with Crippen molar-refractivity contribution >= 4 is 23.5 Å². The first kappa shape index (κ1) is 11.4. The monoisotopic (exact) mass is 240 g/mol. The summed E-state index contributed by atoms with van der Waals surface area (Å²) in [5, 5.41) is 10.7. The van der Waals surface area contributed by atoms with Crippen LogP contribution >= 0.6 is 23.5 Å². The van der Waals surface area contributed by atoms with Crippen molar-refractivity contribution in [3.63, 3.8) is 0 Å². The molecule has 1 aliphatic rings. The van der Waals surface area contributed by atoms with Crippen molar-refractivity contribution in [3.05, 3.63) is 35.9 Å². The van der Waals surface area contributed by atoms with Gasteiger partial charge >= 0.3 is 0 Å². The third-order valence-corrected chi connectivity index (χ3v) is 6.74. The quantitative estimate of drug-likeness (QED) is 0.858. The maximum atomic E-state index is 10.7. The Kier molecular flexibility index (Phi) is 3.06. The van der Waals surface area contributed by atoms with E-state index in [4.69, 9.17) is 0 Å². The molecular weight excluding hydrogens is 224 g/mol. The summed E-state index contributed by atoms with van der Waals surface area (Å²) < 4.78 is -0.117. The van der Waals surface area contributed by atoms with Crippen LogP contribution in [0.5, 0.6) is 0 Å². The summed E-state index contributed by atoms with van der Waals surface area (Å²) >= 11 is 3.72. The lowest BCUT2D eigenvalue weighted by atomic mass is 9.92. The number of hydrogen-bond acceptors (Lipinski definition) is 3. The summed E-state index contributed by atoms with van der Waals surface area (Å²) in [6.45, 7) is 4.07. The van der Waals surface area contributed by atoms with Crippen LogP contribution in [0.1, 0.15) is 19.4 Å². The van der Waals surface area contributed by atoms with E-state index in [1.807, 2.05) is 60.8 Å². The number of rotatable bonds is 2. The predicted molar refractivity (Wildman–Crippen MR) is 69.3 cm³/mol. The fourth-order valence-electron chi connectivity index (χ4n) is 1.82. The zero-order valence-electron chi connectivity index (χ0n) is 9.06. The van der Waals surface area contributed by atoms with Crippen LogP contribution in [-0.4, -0.2) is 20.7 Å². The molecule has 0 bridgehead atoms. The maximum Gasteiger partial charge on any atom is 0.110 e. The lowest BCUT2D eigenvalue weighted by Crippen LogP contribution is -2.40. The van der Waals surface area contributed by atoms with E-state index in [0.29, 0.717) is 0 Å². The van der Waals surface area contributed by atoms with Gasteiger partial charge in [-0.15, -0.1) is 23.5 Å². The van der Waals surface area contributed by atoms with Crippen LogP contribution in [0.15, 0.2) is 30.3 Å². The molecule has 0 aliphatic carbocycles. The van der Waals surface area contributed by atoms with Gasteiger partial charge in [0.05, 0.1) is 4.08 Å². The summed E-state index contributed by atoms with van der Waals surface area (Å²) in [7, 11) is 0. The van der Waals surface area contributed by atoms with Gasteiger partial charge in [-0.1, -0.05) is 30.3 Å². The van der Waals surface area contributed by atoms with E-state index in [1.165, 1.54) is 0 Å². The van der Waals surface area contributed by atoms with Gasteiger partial charge in [-0.3, -0.25) is 0 Å². The minimum absolute atomic E-state index is 0.117. The van der Waals surface area contributed by atoms with Crippen LogP contribution in [0.4, 0.5) is 0 Å². The van der Waals surface area contributed by atoms with Crippen LogP contribution in [-0.2, 0) is 5.60 Å². The van der Waals surface area contributed by atoms with Crippen molar-refractivity contribution in [1.29, 1.82) is 0 Å². The average Bonchev–Trinajstić information content (AvgIpc) is 2.68. The third kappa shape index (κ3) is 1.93. The van der Waals surface area contributed by atoms with E-state index in [1.54, 1.807) is 0 Å². The van der Waals surface area contributed by atoms with Crippen molar-refractivity contribution < 1.29 is 5.11 Å². The van der Waals surface area contributed by atoms with Gasteiger partial charge in [-0.2, -0.15) is 0 Å². The normalized spacial score (nSPS) is 23.7. The van der Waals surface area contributed by atoms with E-state index in [0.717, 1.165) is 17.1 Å². The Labute approximate surface area is 99.7 Å². The van der Waals surface area contributed by atoms with Crippen LogP contribution in [0.3, 0.4) is 0 Å². The molecule has 1 heterocycles. The molecule has 1 fully saturated rings. The third-order valence-electron chi connectivity index (χ3n) is 3.06.